The lowest BCUT2D eigenvalue weighted by atomic mass is 9.97. The van der Waals surface area contributed by atoms with Crippen molar-refractivity contribution in [2.75, 3.05) is 6.61 Å². The second kappa shape index (κ2) is 8.76. The third-order valence-electron chi connectivity index (χ3n) is 3.75. The lowest BCUT2D eigenvalue weighted by Crippen LogP contribution is -2.65. The maximum Gasteiger partial charge on any atom is 0.397 e. The van der Waals surface area contributed by atoms with Crippen LogP contribution in [0.4, 0.5) is 5.69 Å². The van der Waals surface area contributed by atoms with E-state index in [4.69, 9.17) is 14.0 Å². The molecule has 1 saturated heterocycles. The van der Waals surface area contributed by atoms with Gasteiger partial charge in [-0.25, -0.2) is 4.18 Å². The Kier molecular flexibility index (Phi) is 6.87. The van der Waals surface area contributed by atoms with E-state index in [-0.39, 0.29) is 11.4 Å². The van der Waals surface area contributed by atoms with E-state index in [1.807, 2.05) is 0 Å². The normalized spacial score (nSPS) is 27.8. The zero-order chi connectivity index (χ0) is 21.1. The first-order chi connectivity index (χ1) is 13.0. The lowest BCUT2D eigenvalue weighted by Gasteiger charge is -2.42. The topological polar surface area (TPSA) is 195 Å². The van der Waals surface area contributed by atoms with Crippen molar-refractivity contribution in [2.45, 2.75) is 37.6 Å². The number of hydrogen-bond donors (Lipinski definition) is 4. The SMILES string of the molecule is CC(=O)NC1[C@H](Oc2ccc([N+](=O)[O-])cc2)OC(COS(=O)(=O)O)[C@@H](O)[C@@H]1O. The fourth-order valence-corrected chi connectivity index (χ4v) is 2.80. The number of hydrogen-bond acceptors (Lipinski definition) is 10. The molecule has 0 spiro atoms. The van der Waals surface area contributed by atoms with Gasteiger partial charge in [0.15, 0.2) is 0 Å². The summed E-state index contributed by atoms with van der Waals surface area (Å²) in [4.78, 5) is 21.5. The third kappa shape index (κ3) is 5.82. The van der Waals surface area contributed by atoms with E-state index in [2.05, 4.69) is 9.50 Å². The third-order valence-corrected chi connectivity index (χ3v) is 4.19. The first-order valence-electron chi connectivity index (χ1n) is 7.79. The number of nitro groups is 1. The van der Waals surface area contributed by atoms with Gasteiger partial charge in [0.2, 0.25) is 12.2 Å². The molecule has 1 aliphatic heterocycles. The van der Waals surface area contributed by atoms with E-state index in [1.54, 1.807) is 0 Å². The number of carbonyl (C=O) groups excluding carboxylic acids is 1. The maximum atomic E-state index is 11.4. The summed E-state index contributed by atoms with van der Waals surface area (Å²) in [5.41, 5.74) is -0.204. The minimum absolute atomic E-state index is 0.0731. The van der Waals surface area contributed by atoms with Crippen molar-refractivity contribution in [3.8, 4) is 5.75 Å². The number of benzene rings is 1. The number of nitrogens with zero attached hydrogens (tertiary/aromatic N) is 1. The summed E-state index contributed by atoms with van der Waals surface area (Å²) in [6.45, 7) is 0.305. The molecular formula is C14H18N2O11S. The predicted octanol–water partition coefficient (Wildman–Crippen LogP) is -1.26. The number of amides is 1. The van der Waals surface area contributed by atoms with Gasteiger partial charge in [-0.2, -0.15) is 8.42 Å². The molecular weight excluding hydrogens is 404 g/mol. The molecule has 156 valence electrons. The largest absolute Gasteiger partial charge is 0.463 e. The highest BCUT2D eigenvalue weighted by molar-refractivity contribution is 7.80. The Morgan fingerprint density at radius 1 is 1.29 bits per heavy atom. The molecule has 1 fully saturated rings. The van der Waals surface area contributed by atoms with Crippen molar-refractivity contribution in [1.82, 2.24) is 5.32 Å². The monoisotopic (exact) mass is 422 g/mol. The Morgan fingerprint density at radius 3 is 2.39 bits per heavy atom. The smallest absolute Gasteiger partial charge is 0.397 e. The van der Waals surface area contributed by atoms with Gasteiger partial charge >= 0.3 is 10.4 Å². The summed E-state index contributed by atoms with van der Waals surface area (Å²) >= 11 is 0. The van der Waals surface area contributed by atoms with Crippen LogP contribution in [0.1, 0.15) is 6.92 Å². The highest BCUT2D eigenvalue weighted by Crippen LogP contribution is 2.26. The summed E-state index contributed by atoms with van der Waals surface area (Å²) in [5, 5.41) is 33.4. The molecule has 28 heavy (non-hydrogen) atoms. The molecule has 2 unspecified atom stereocenters. The molecule has 0 aromatic heterocycles. The fraction of sp³-hybridized carbons (Fsp3) is 0.500. The number of rotatable bonds is 7. The Morgan fingerprint density at radius 2 is 1.89 bits per heavy atom. The average molecular weight is 422 g/mol. The van der Waals surface area contributed by atoms with Crippen molar-refractivity contribution in [3.63, 3.8) is 0 Å². The van der Waals surface area contributed by atoms with Crippen LogP contribution in [0.5, 0.6) is 5.75 Å². The molecule has 0 bridgehead atoms. The molecule has 14 heteroatoms. The van der Waals surface area contributed by atoms with Crippen LogP contribution in [0.25, 0.3) is 0 Å². The predicted molar refractivity (Wildman–Crippen MR) is 89.5 cm³/mol. The Hall–Kier alpha value is -2.36. The van der Waals surface area contributed by atoms with E-state index in [9.17, 15) is 33.5 Å². The van der Waals surface area contributed by atoms with Crippen LogP contribution in [0, 0.1) is 10.1 Å². The van der Waals surface area contributed by atoms with Crippen molar-refractivity contribution < 1.29 is 46.6 Å². The number of non-ortho nitro benzene ring substituents is 1. The molecule has 1 aromatic carbocycles. The summed E-state index contributed by atoms with van der Waals surface area (Å²) in [7, 11) is -4.83. The molecule has 1 aromatic rings. The zero-order valence-corrected chi connectivity index (χ0v) is 15.2. The molecule has 0 aliphatic carbocycles. The Balaban J connectivity index is 2.21. The number of aliphatic hydroxyl groups excluding tert-OH is 2. The number of ether oxygens (including phenoxy) is 2. The second-order valence-corrected chi connectivity index (χ2v) is 6.92. The van der Waals surface area contributed by atoms with Crippen LogP contribution in [0.2, 0.25) is 0 Å². The van der Waals surface area contributed by atoms with Gasteiger partial charge in [0.1, 0.15) is 30.1 Å². The minimum atomic E-state index is -4.83. The molecule has 2 rings (SSSR count). The highest BCUT2D eigenvalue weighted by atomic mass is 32.3. The maximum absolute atomic E-state index is 11.4. The average Bonchev–Trinajstić information content (AvgIpc) is 2.59. The van der Waals surface area contributed by atoms with Crippen LogP contribution >= 0.6 is 0 Å². The van der Waals surface area contributed by atoms with E-state index >= 15 is 0 Å². The van der Waals surface area contributed by atoms with Gasteiger partial charge in [-0.3, -0.25) is 19.5 Å². The van der Waals surface area contributed by atoms with Gasteiger partial charge in [-0.1, -0.05) is 0 Å². The lowest BCUT2D eigenvalue weighted by molar-refractivity contribution is -0.384. The number of nitrogens with one attached hydrogen (secondary N) is 1. The van der Waals surface area contributed by atoms with Crippen LogP contribution in [0.15, 0.2) is 24.3 Å². The summed E-state index contributed by atoms with van der Waals surface area (Å²) in [6.07, 6.45) is -6.19. The fourth-order valence-electron chi connectivity index (χ4n) is 2.49. The van der Waals surface area contributed by atoms with Crippen LogP contribution < -0.4 is 10.1 Å². The molecule has 1 heterocycles. The van der Waals surface area contributed by atoms with Crippen molar-refractivity contribution >= 4 is 22.0 Å². The van der Waals surface area contributed by atoms with Crippen molar-refractivity contribution in [3.05, 3.63) is 34.4 Å². The molecule has 1 aliphatic rings. The molecule has 0 radical (unpaired) electrons. The van der Waals surface area contributed by atoms with Gasteiger partial charge in [0, 0.05) is 19.1 Å². The zero-order valence-electron chi connectivity index (χ0n) is 14.4. The summed E-state index contributed by atoms with van der Waals surface area (Å²) in [5.74, 6) is -0.506. The molecule has 0 saturated carbocycles. The molecule has 1 amide bonds. The van der Waals surface area contributed by atoms with Crippen molar-refractivity contribution in [2.24, 2.45) is 0 Å². The van der Waals surface area contributed by atoms with E-state index in [1.165, 1.54) is 12.1 Å². The first-order valence-corrected chi connectivity index (χ1v) is 9.16. The number of nitro benzene ring substituents is 1. The summed E-state index contributed by atoms with van der Waals surface area (Å²) < 4.78 is 45.1. The van der Waals surface area contributed by atoms with Crippen molar-refractivity contribution in [1.29, 1.82) is 0 Å². The Bertz CT molecular complexity index is 813. The van der Waals surface area contributed by atoms with Crippen LogP contribution in [-0.4, -0.2) is 71.3 Å². The van der Waals surface area contributed by atoms with Gasteiger partial charge < -0.3 is 25.0 Å². The van der Waals surface area contributed by atoms with Crippen LogP contribution in [-0.2, 0) is 24.1 Å². The standard InChI is InChI=1S/C14H18N2O11S/c1-7(17)15-11-13(19)12(18)10(6-25-28(22,23)24)27-14(11)26-9-4-2-8(3-5-9)16(20)21/h2-5,10-14,18-19H,6H2,1H3,(H,15,17)(H,22,23,24)/t10?,11?,12-,13-,14-/m1/s1. The molecule has 4 N–H and O–H groups in total. The second-order valence-electron chi connectivity index (χ2n) is 5.83. The quantitative estimate of drug-likeness (QED) is 0.233. The number of carbonyl (C=O) groups is 1. The van der Waals surface area contributed by atoms with E-state index < -0.39 is 58.5 Å². The minimum Gasteiger partial charge on any atom is -0.463 e. The number of aliphatic hydroxyl groups is 2. The Labute approximate surface area is 158 Å². The molecule has 13 nitrogen and oxygen atoms in total. The van der Waals surface area contributed by atoms with E-state index in [0.717, 1.165) is 19.1 Å². The van der Waals surface area contributed by atoms with Crippen LogP contribution in [0.3, 0.4) is 0 Å². The highest BCUT2D eigenvalue weighted by Gasteiger charge is 2.46. The van der Waals surface area contributed by atoms with Gasteiger partial charge in [0.25, 0.3) is 5.69 Å². The van der Waals surface area contributed by atoms with E-state index in [0.29, 0.717) is 0 Å². The first kappa shape index (κ1) is 21.9. The van der Waals surface area contributed by atoms with Gasteiger partial charge in [0.05, 0.1) is 11.5 Å². The molecule has 5 atom stereocenters. The summed E-state index contributed by atoms with van der Waals surface area (Å²) in [6, 6.07) is 3.52. The van der Waals surface area contributed by atoms with Gasteiger partial charge in [-0.05, 0) is 12.1 Å². The van der Waals surface area contributed by atoms with Gasteiger partial charge in [-0.15, -0.1) is 0 Å².